The van der Waals surface area contributed by atoms with E-state index in [-0.39, 0.29) is 34.5 Å². The number of halogens is 6. The molecule has 0 amide bonds. The Morgan fingerprint density at radius 1 is 0.731 bits per heavy atom. The summed E-state index contributed by atoms with van der Waals surface area (Å²) in [5, 5.41) is 0. The van der Waals surface area contributed by atoms with Crippen LogP contribution in [-0.2, 0) is 9.53 Å². The van der Waals surface area contributed by atoms with Crippen LogP contribution in [0.25, 0.3) is 0 Å². The maximum Gasteiger partial charge on any atom is 0.402 e. The Bertz CT molecular complexity index is 235. The van der Waals surface area contributed by atoms with Crippen molar-refractivity contribution in [1.82, 2.24) is 0 Å². The number of ketones is 1. The summed E-state index contributed by atoms with van der Waals surface area (Å²) in [4.78, 5) is 9.44. The van der Waals surface area contributed by atoms with Crippen molar-refractivity contribution in [2.24, 2.45) is 5.41 Å². The van der Waals surface area contributed by atoms with Crippen LogP contribution in [0, 0.1) is 5.41 Å². The molecule has 0 aromatic heterocycles. The highest BCUT2D eigenvalue weighted by molar-refractivity contribution is 5.72. The van der Waals surface area contributed by atoms with E-state index in [1.807, 2.05) is 0 Å². The summed E-state index contributed by atoms with van der Waals surface area (Å²) < 4.78 is 73.9. The molecule has 0 spiro atoms. The number of carbonyl (C=O) groups excluding carboxylic acids is 1. The van der Waals surface area contributed by atoms with E-state index in [1.54, 1.807) is 14.2 Å². The first kappa shape index (κ1) is 44.6. The van der Waals surface area contributed by atoms with Crippen molar-refractivity contribution >= 4 is 5.78 Å². The maximum atomic E-state index is 11.6. The Kier molecular flexibility index (Phi) is 41.5. The molecule has 2 nitrogen and oxygen atoms in total. The highest BCUT2D eigenvalue weighted by atomic mass is 19.4. The zero-order valence-electron chi connectivity index (χ0n) is 16.5. The van der Waals surface area contributed by atoms with E-state index in [9.17, 15) is 31.1 Å². The molecule has 0 saturated carbocycles. The summed E-state index contributed by atoms with van der Waals surface area (Å²) in [6.07, 6.45) is -7.99. The average Bonchev–Trinajstić information content (AvgIpc) is 2.28. The number of hydrogen-bond acceptors (Lipinski definition) is 2. The summed E-state index contributed by atoms with van der Waals surface area (Å²) >= 11 is 0. The Hall–Kier alpha value is -0.790. The third-order valence-electron chi connectivity index (χ3n) is 1.42. The number of rotatable bonds is 0. The molecule has 26 heavy (non-hydrogen) atoms. The molecule has 0 bridgehead atoms. The largest absolute Gasteiger partial charge is 0.402 e. The highest BCUT2D eigenvalue weighted by Crippen LogP contribution is 2.49. The van der Waals surface area contributed by atoms with Gasteiger partial charge in [-0.15, -0.1) is 0 Å². The van der Waals surface area contributed by atoms with Gasteiger partial charge in [0.15, 0.2) is 5.41 Å². The van der Waals surface area contributed by atoms with Gasteiger partial charge in [-0.05, 0) is 27.7 Å². The molecular weight excluding hydrogens is 362 g/mol. The summed E-state index contributed by atoms with van der Waals surface area (Å²) in [6.45, 7) is 11.8. The summed E-state index contributed by atoms with van der Waals surface area (Å²) in [6, 6.07) is 0. The van der Waals surface area contributed by atoms with Gasteiger partial charge < -0.3 is 9.53 Å². The second kappa shape index (κ2) is 24.2. The van der Waals surface area contributed by atoms with Gasteiger partial charge in [0, 0.05) is 14.2 Å². The predicted octanol–water partition coefficient (Wildman–Crippen LogP) is 8.10. The maximum absolute atomic E-state index is 11.6. The van der Waals surface area contributed by atoms with Gasteiger partial charge in [-0.1, -0.05) is 55.4 Å². The molecule has 0 unspecified atom stereocenters. The quantitative estimate of drug-likeness (QED) is 0.381. The Labute approximate surface area is 157 Å². The van der Waals surface area contributed by atoms with Gasteiger partial charge in [-0.2, -0.15) is 26.3 Å². The molecule has 8 heteroatoms. The number of Topliss-reactive ketones (excluding diaryl/α,β-unsaturated/α-hetero) is 1. The van der Waals surface area contributed by atoms with E-state index < -0.39 is 17.8 Å². The molecule has 0 radical (unpaired) electrons. The van der Waals surface area contributed by atoms with Crippen LogP contribution < -0.4 is 0 Å². The zero-order chi connectivity index (χ0) is 21.2. The Balaban J connectivity index is -0.0000000404. The summed E-state index contributed by atoms with van der Waals surface area (Å²) in [7, 11) is 3.25. The standard InChI is InChI=1S/C5H6F6.C3H6O.2C3H8.C2H6O.2CH4/c1-3(2,4(6,7)8)5(9,10)11;1-3(2)4;3*1-3-2;;/h1-2H3;1-2H3;2*3H2,1-2H3;1-2H3;2*1H4. The van der Waals surface area contributed by atoms with Gasteiger partial charge in [-0.25, -0.2) is 0 Å². The van der Waals surface area contributed by atoms with Gasteiger partial charge in [-0.3, -0.25) is 0 Å². The Morgan fingerprint density at radius 2 is 0.808 bits per heavy atom. The van der Waals surface area contributed by atoms with Crippen LogP contribution in [0.4, 0.5) is 26.3 Å². The summed E-state index contributed by atoms with van der Waals surface area (Å²) in [5.41, 5.74) is -3.62. The normalized spacial score (nSPS) is 9.54. The average molecular weight is 405 g/mol. The molecule has 0 atom stereocenters. The van der Waals surface area contributed by atoms with Crippen LogP contribution in [0.2, 0.25) is 0 Å². The van der Waals surface area contributed by atoms with Crippen LogP contribution in [0.5, 0.6) is 0 Å². The lowest BCUT2D eigenvalue weighted by atomic mass is 9.92. The second-order valence-corrected chi connectivity index (χ2v) is 5.35. The molecule has 0 fully saturated rings. The molecule has 0 N–H and O–H groups in total. The van der Waals surface area contributed by atoms with Crippen LogP contribution in [0.1, 0.15) is 83.1 Å². The third-order valence-corrected chi connectivity index (χ3v) is 1.42. The first-order chi connectivity index (χ1) is 10.5. The number of methoxy groups -OCH3 is 1. The highest BCUT2D eigenvalue weighted by Gasteiger charge is 2.64. The van der Waals surface area contributed by atoms with Crippen molar-refractivity contribution in [3.63, 3.8) is 0 Å². The van der Waals surface area contributed by atoms with Crippen LogP contribution >= 0.6 is 0 Å². The lowest BCUT2D eigenvalue weighted by Gasteiger charge is -2.29. The molecule has 0 aromatic rings. The number of carbonyl (C=O) groups is 1. The van der Waals surface area contributed by atoms with E-state index >= 15 is 0 Å². The van der Waals surface area contributed by atoms with Crippen molar-refractivity contribution < 1.29 is 35.9 Å². The van der Waals surface area contributed by atoms with Gasteiger partial charge >= 0.3 is 12.4 Å². The SMILES string of the molecule is C.C.CC(C)(C(F)(F)F)C(F)(F)F.CC(C)=O.CCC.CCC.COC. The van der Waals surface area contributed by atoms with Gasteiger partial charge in [0.2, 0.25) is 0 Å². The Morgan fingerprint density at radius 3 is 0.808 bits per heavy atom. The van der Waals surface area contributed by atoms with Crippen molar-refractivity contribution in [3.05, 3.63) is 0 Å². The molecule has 0 saturated heterocycles. The number of ether oxygens (including phenoxy) is 1. The fourth-order valence-electron chi connectivity index (χ4n) is 0.161. The van der Waals surface area contributed by atoms with Crippen LogP contribution in [0.15, 0.2) is 0 Å². The van der Waals surface area contributed by atoms with Crippen molar-refractivity contribution in [2.75, 3.05) is 14.2 Å². The smallest absolute Gasteiger partial charge is 0.388 e. The van der Waals surface area contributed by atoms with Crippen LogP contribution in [-0.4, -0.2) is 32.4 Å². The molecule has 0 aromatic carbocycles. The van der Waals surface area contributed by atoms with Crippen molar-refractivity contribution in [1.29, 1.82) is 0 Å². The first-order valence-electron chi connectivity index (χ1n) is 7.48. The molecule has 0 aliphatic carbocycles. The van der Waals surface area contributed by atoms with Crippen molar-refractivity contribution in [2.45, 2.75) is 95.4 Å². The van der Waals surface area contributed by atoms with Crippen molar-refractivity contribution in [3.8, 4) is 0 Å². The predicted molar refractivity (Wildman–Crippen MR) is 101 cm³/mol. The summed E-state index contributed by atoms with van der Waals surface area (Å²) in [5.74, 6) is 0.167. The lowest BCUT2D eigenvalue weighted by Crippen LogP contribution is -2.44. The lowest BCUT2D eigenvalue weighted by molar-refractivity contribution is -0.327. The molecule has 0 aliphatic heterocycles. The zero-order valence-corrected chi connectivity index (χ0v) is 16.5. The minimum Gasteiger partial charge on any atom is -0.388 e. The molecule has 0 aliphatic rings. The molecule has 0 heterocycles. The van der Waals surface area contributed by atoms with E-state index in [0.717, 1.165) is 0 Å². The minimum atomic E-state index is -5.24. The minimum absolute atomic E-state index is 0. The van der Waals surface area contributed by atoms with E-state index in [0.29, 0.717) is 0 Å². The molecule has 0 rings (SSSR count). The van der Waals surface area contributed by atoms with Gasteiger partial charge in [0.05, 0.1) is 0 Å². The van der Waals surface area contributed by atoms with Gasteiger partial charge in [0.1, 0.15) is 5.78 Å². The molecule has 168 valence electrons. The fraction of sp³-hybridized carbons (Fsp3) is 0.944. The third kappa shape index (κ3) is 38.7. The number of hydrogen-bond donors (Lipinski definition) is 0. The van der Waals surface area contributed by atoms with E-state index in [1.165, 1.54) is 26.7 Å². The van der Waals surface area contributed by atoms with E-state index in [4.69, 9.17) is 0 Å². The van der Waals surface area contributed by atoms with E-state index in [2.05, 4.69) is 32.4 Å². The first-order valence-corrected chi connectivity index (χ1v) is 7.48. The topological polar surface area (TPSA) is 26.3 Å². The fourth-order valence-corrected chi connectivity index (χ4v) is 0.161. The van der Waals surface area contributed by atoms with Crippen LogP contribution in [0.3, 0.4) is 0 Å². The van der Waals surface area contributed by atoms with Gasteiger partial charge in [0.25, 0.3) is 0 Å². The molecular formula is C18H42F6O2. The second-order valence-electron chi connectivity index (χ2n) is 5.35. The number of alkyl halides is 6. The monoisotopic (exact) mass is 404 g/mol.